The highest BCUT2D eigenvalue weighted by Crippen LogP contribution is 2.41. The third-order valence-electron chi connectivity index (χ3n) is 15.9. The molecule has 5 atom stereocenters. The summed E-state index contributed by atoms with van der Waals surface area (Å²) in [6.45, 7) is 6.61. The lowest BCUT2D eigenvalue weighted by atomic mass is 9.88. The summed E-state index contributed by atoms with van der Waals surface area (Å²) in [5.74, 6) is -1.03. The van der Waals surface area contributed by atoms with Crippen LogP contribution >= 0.6 is 11.8 Å². The number of aromatic nitrogens is 4. The molecule has 5 aliphatic rings. The van der Waals surface area contributed by atoms with Crippen molar-refractivity contribution in [1.29, 1.82) is 5.26 Å². The van der Waals surface area contributed by atoms with Gasteiger partial charge in [0.2, 0.25) is 17.7 Å². The topological polar surface area (TPSA) is 250 Å². The van der Waals surface area contributed by atoms with Gasteiger partial charge in [0.1, 0.15) is 35.5 Å². The van der Waals surface area contributed by atoms with Gasteiger partial charge in [-0.05, 0) is 120 Å². The van der Waals surface area contributed by atoms with Gasteiger partial charge in [-0.2, -0.15) is 10.4 Å². The van der Waals surface area contributed by atoms with Crippen molar-refractivity contribution < 1.29 is 42.2 Å². The number of benzene rings is 2. The first-order valence-corrected chi connectivity index (χ1v) is 28.5. The van der Waals surface area contributed by atoms with Crippen molar-refractivity contribution in [3.8, 4) is 17.3 Å². The summed E-state index contributed by atoms with van der Waals surface area (Å²) in [5, 5.41) is 22.2. The van der Waals surface area contributed by atoms with Crippen LogP contribution in [0.2, 0.25) is 0 Å². The molecule has 7 heterocycles. The smallest absolute Gasteiger partial charge is 0.254 e. The first kappa shape index (κ1) is 57.8. The number of nitriles is 1. The molecule has 4 amide bonds. The van der Waals surface area contributed by atoms with Gasteiger partial charge >= 0.3 is 0 Å². The van der Waals surface area contributed by atoms with E-state index in [9.17, 15) is 38.0 Å². The second-order valence-electron chi connectivity index (χ2n) is 21.0. The molecule has 21 nitrogen and oxygen atoms in total. The zero-order valence-corrected chi connectivity index (χ0v) is 46.6. The van der Waals surface area contributed by atoms with Crippen LogP contribution in [0.1, 0.15) is 95.6 Å². The van der Waals surface area contributed by atoms with Gasteiger partial charge < -0.3 is 50.3 Å². The number of hydrogen-bond acceptors (Lipinski definition) is 17. The van der Waals surface area contributed by atoms with Gasteiger partial charge in [0.15, 0.2) is 17.4 Å². The third kappa shape index (κ3) is 13.0. The van der Waals surface area contributed by atoms with Crippen LogP contribution in [0.5, 0.6) is 0 Å². The average molecular weight is 1120 g/mol. The van der Waals surface area contributed by atoms with Crippen LogP contribution in [0.25, 0.3) is 11.3 Å². The molecule has 3 saturated heterocycles. The zero-order chi connectivity index (χ0) is 56.6. The molecule has 5 aliphatic heterocycles. The highest BCUT2D eigenvalue weighted by Gasteiger charge is 2.43. The number of aliphatic imine (C=N–C) groups is 1. The fourth-order valence-electron chi connectivity index (χ4n) is 11.3. The predicted octanol–water partition coefficient (Wildman–Crippen LogP) is 4.07. The van der Waals surface area contributed by atoms with Gasteiger partial charge in [-0.3, -0.25) is 33.6 Å². The molecule has 80 heavy (non-hydrogen) atoms. The van der Waals surface area contributed by atoms with E-state index in [-0.39, 0.29) is 91.6 Å². The quantitative estimate of drug-likeness (QED) is 0.0834. The number of hydrogen-bond donors (Lipinski definition) is 3. The molecule has 0 spiro atoms. The standard InChI is InChI=1S/C56H70F2N14O7S/c1-34(61-2)53(75)65-49(56(77)71-19-6-8-45(71)54-64-43(33-80-54)50(74)36-9-11-37(57)12-10-36)35-15-20-69(21-16-35)24-26-79-28-27-78-25-17-47(73)67(3)22-23-72-46(30-59)48-41-31-62-51(60)52(63-41)70-18-5-7-44(70)40-29-38(58)13-14-39(40)55(76)68(4)32-42(48)66-72/h9-14,29,31,34-35,43-45,49,61H,5-8,15-28,32-33H2,1-4H3,(H2,60,62)(H,65,75)/t34-,43?,44-,45-,49-/m1/s1. The predicted molar refractivity (Wildman–Crippen MR) is 297 cm³/mol. The number of fused-ring (bicyclic) bond motifs is 8. The van der Waals surface area contributed by atoms with Crippen LogP contribution in [-0.4, -0.2) is 191 Å². The maximum absolute atomic E-state index is 14.7. The molecular weight excluding hydrogens is 1050 g/mol. The summed E-state index contributed by atoms with van der Waals surface area (Å²) in [6.07, 6.45) is 5.89. The SMILES string of the molecule is CN[C@H](C)C(=O)N[C@@H](C(=O)N1CCC[C@@H]1C1=NC(C(=O)c2ccc(F)cc2)CS1)C1CCN(CCOCCOCCC(=O)N(C)CCn2nc3c(c2C#N)-c2cnc(N)c(n2)N2CCC[C@@H]2c2cc(F)ccc2C(=O)N(C)C3)CC1. The maximum Gasteiger partial charge on any atom is 0.254 e. The van der Waals surface area contributed by atoms with Crippen LogP contribution < -0.4 is 21.3 Å². The Balaban J connectivity index is 0.721. The van der Waals surface area contributed by atoms with E-state index in [2.05, 4.69) is 26.6 Å². The van der Waals surface area contributed by atoms with Crippen LogP contribution in [0, 0.1) is 28.9 Å². The van der Waals surface area contributed by atoms with E-state index < -0.39 is 29.8 Å². The lowest BCUT2D eigenvalue weighted by Crippen LogP contribution is -2.58. The number of likely N-dealkylation sites (tertiary alicyclic amines) is 2. The van der Waals surface area contributed by atoms with Crippen molar-refractivity contribution in [2.24, 2.45) is 10.9 Å². The maximum atomic E-state index is 14.7. The highest BCUT2D eigenvalue weighted by molar-refractivity contribution is 8.14. The largest absolute Gasteiger partial charge is 0.381 e. The van der Waals surface area contributed by atoms with Crippen molar-refractivity contribution in [3.05, 3.63) is 88.4 Å². The average Bonchev–Trinajstić information content (AvgIpc) is 4.33. The molecule has 2 aromatic carbocycles. The molecular formula is C56H70F2N14O7S. The van der Waals surface area contributed by atoms with Gasteiger partial charge in [-0.25, -0.2) is 18.7 Å². The molecule has 0 saturated carbocycles. The number of nitrogens with two attached hydrogens (primary N) is 1. The van der Waals surface area contributed by atoms with E-state index in [1.807, 2.05) is 9.80 Å². The van der Waals surface area contributed by atoms with E-state index in [0.29, 0.717) is 110 Å². The second-order valence-corrected chi connectivity index (χ2v) is 22.1. The second kappa shape index (κ2) is 26.1. The Labute approximate surface area is 468 Å². The fourth-order valence-corrected chi connectivity index (χ4v) is 12.4. The normalized spacial score (nSPS) is 20.2. The van der Waals surface area contributed by atoms with Gasteiger partial charge in [-0.15, -0.1) is 11.8 Å². The summed E-state index contributed by atoms with van der Waals surface area (Å²) < 4.78 is 41.5. The molecule has 24 heteroatoms. The minimum atomic E-state index is -0.724. The molecule has 0 radical (unpaired) electrons. The van der Waals surface area contributed by atoms with Crippen LogP contribution in [0.4, 0.5) is 20.4 Å². The minimum absolute atomic E-state index is 0.00873. The number of carbonyl (C=O) groups excluding carboxylic acids is 5. The van der Waals surface area contributed by atoms with Crippen LogP contribution in [0.3, 0.4) is 0 Å². The Morgan fingerprint density at radius 1 is 0.950 bits per heavy atom. The lowest BCUT2D eigenvalue weighted by molar-refractivity contribution is -0.138. The number of carbonyl (C=O) groups is 5. The van der Waals surface area contributed by atoms with Crippen LogP contribution in [0.15, 0.2) is 53.7 Å². The van der Waals surface area contributed by atoms with Gasteiger partial charge in [0, 0.05) is 57.2 Å². The molecule has 4 aromatic rings. The number of ether oxygens (including phenoxy) is 2. The molecule has 4 N–H and O–H groups in total. The Morgan fingerprint density at radius 3 is 2.42 bits per heavy atom. The number of piperidine rings is 1. The van der Waals surface area contributed by atoms with Crippen molar-refractivity contribution >= 4 is 57.9 Å². The van der Waals surface area contributed by atoms with E-state index in [1.165, 1.54) is 70.0 Å². The molecule has 2 bridgehead atoms. The number of halogens is 2. The van der Waals surface area contributed by atoms with Gasteiger partial charge in [0.05, 0.1) is 92.3 Å². The minimum Gasteiger partial charge on any atom is -0.381 e. The first-order chi connectivity index (χ1) is 38.6. The number of thioether (sulfide) groups is 1. The number of Topliss-reactive ketones (excluding diaryl/α,β-unsaturated/α-hetero) is 1. The summed E-state index contributed by atoms with van der Waals surface area (Å²) in [6, 6.07) is 9.42. The number of likely N-dealkylation sites (N-methyl/N-ethyl adjacent to an activating group) is 2. The Bertz CT molecular complexity index is 3000. The van der Waals surface area contributed by atoms with Crippen molar-refractivity contribution in [3.63, 3.8) is 0 Å². The number of nitrogens with zero attached hydrogens (tertiary/aromatic N) is 11. The molecule has 2 aromatic heterocycles. The number of nitrogen functional groups attached to an aromatic ring is 1. The van der Waals surface area contributed by atoms with Crippen molar-refractivity contribution in [2.75, 3.05) is 103 Å². The van der Waals surface area contributed by atoms with Crippen molar-refractivity contribution in [2.45, 2.75) is 95.2 Å². The molecule has 9 rings (SSSR count). The van der Waals surface area contributed by atoms with Gasteiger partial charge in [-0.1, -0.05) is 0 Å². The Hall–Kier alpha value is -6.91. The molecule has 426 valence electrons. The molecule has 1 unspecified atom stereocenters. The van der Waals surface area contributed by atoms with Crippen LogP contribution in [-0.2, 0) is 36.9 Å². The number of amides is 4. The van der Waals surface area contributed by atoms with E-state index in [0.717, 1.165) is 31.0 Å². The fraction of sp³-hybridized carbons (Fsp3) is 0.536. The molecule has 3 fully saturated rings. The number of ketones is 1. The summed E-state index contributed by atoms with van der Waals surface area (Å²) in [7, 11) is 5.01. The van der Waals surface area contributed by atoms with Gasteiger partial charge in [0.25, 0.3) is 5.91 Å². The first-order valence-electron chi connectivity index (χ1n) is 27.5. The monoisotopic (exact) mass is 1120 g/mol. The summed E-state index contributed by atoms with van der Waals surface area (Å²) in [4.78, 5) is 91.6. The number of nitrogens with one attached hydrogen (secondary N) is 2. The Morgan fingerprint density at radius 2 is 1.68 bits per heavy atom. The summed E-state index contributed by atoms with van der Waals surface area (Å²) in [5.41, 5.74) is 9.05. The number of rotatable bonds is 20. The van der Waals surface area contributed by atoms with E-state index >= 15 is 0 Å². The highest BCUT2D eigenvalue weighted by atomic mass is 32.2. The van der Waals surface area contributed by atoms with Crippen molar-refractivity contribution in [1.82, 2.24) is 50.0 Å². The van der Waals surface area contributed by atoms with E-state index in [4.69, 9.17) is 30.3 Å². The zero-order valence-electron chi connectivity index (χ0n) is 45.7. The number of anilines is 2. The molecule has 0 aliphatic carbocycles. The lowest BCUT2D eigenvalue weighted by Gasteiger charge is -2.38. The third-order valence-corrected chi connectivity index (χ3v) is 17.1. The summed E-state index contributed by atoms with van der Waals surface area (Å²) >= 11 is 1.48. The van der Waals surface area contributed by atoms with E-state index in [1.54, 1.807) is 33.0 Å². The Kier molecular flexibility index (Phi) is 18.9.